The van der Waals surface area contributed by atoms with E-state index in [2.05, 4.69) is 15.5 Å². The summed E-state index contributed by atoms with van der Waals surface area (Å²) in [5, 5.41) is 14.5. The lowest BCUT2D eigenvalue weighted by molar-refractivity contribution is 0.102. The van der Waals surface area contributed by atoms with E-state index in [9.17, 15) is 4.79 Å². The SMILES string of the molecule is COc1ccc2c(NC(=O)c3cscc3C)n[nH]c2c1. The molecule has 1 amide bonds. The largest absolute Gasteiger partial charge is 0.497 e. The maximum atomic E-state index is 12.2. The number of methoxy groups -OCH3 is 1. The van der Waals surface area contributed by atoms with Crippen molar-refractivity contribution in [3.63, 3.8) is 0 Å². The number of fused-ring (bicyclic) bond motifs is 1. The molecule has 0 fully saturated rings. The number of amides is 1. The summed E-state index contributed by atoms with van der Waals surface area (Å²) in [6, 6.07) is 5.55. The van der Waals surface area contributed by atoms with Crippen LogP contribution in [0.15, 0.2) is 29.0 Å². The van der Waals surface area contributed by atoms with Gasteiger partial charge in [-0.3, -0.25) is 9.89 Å². The average molecular weight is 287 g/mol. The van der Waals surface area contributed by atoms with E-state index in [0.29, 0.717) is 11.4 Å². The van der Waals surface area contributed by atoms with Crippen molar-refractivity contribution in [3.8, 4) is 5.75 Å². The van der Waals surface area contributed by atoms with Crippen LogP contribution in [-0.2, 0) is 0 Å². The second-order valence-electron chi connectivity index (χ2n) is 4.41. The Bertz CT molecular complexity index is 776. The van der Waals surface area contributed by atoms with Crippen LogP contribution < -0.4 is 10.1 Å². The summed E-state index contributed by atoms with van der Waals surface area (Å²) < 4.78 is 5.15. The lowest BCUT2D eigenvalue weighted by Gasteiger charge is -2.02. The molecule has 20 heavy (non-hydrogen) atoms. The van der Waals surface area contributed by atoms with Crippen LogP contribution in [-0.4, -0.2) is 23.2 Å². The molecule has 0 saturated heterocycles. The molecule has 5 nitrogen and oxygen atoms in total. The second kappa shape index (κ2) is 4.97. The number of ether oxygens (including phenoxy) is 1. The monoisotopic (exact) mass is 287 g/mol. The highest BCUT2D eigenvalue weighted by Gasteiger charge is 2.13. The molecule has 102 valence electrons. The maximum absolute atomic E-state index is 12.2. The number of aromatic nitrogens is 2. The number of aryl methyl sites for hydroxylation is 1. The summed E-state index contributed by atoms with van der Waals surface area (Å²) in [5.41, 5.74) is 2.47. The zero-order chi connectivity index (χ0) is 14.1. The summed E-state index contributed by atoms with van der Waals surface area (Å²) in [5.74, 6) is 1.12. The van der Waals surface area contributed by atoms with Gasteiger partial charge in [0.15, 0.2) is 5.82 Å². The molecule has 0 aliphatic carbocycles. The number of anilines is 1. The van der Waals surface area contributed by atoms with Gasteiger partial charge in [0, 0.05) is 16.8 Å². The van der Waals surface area contributed by atoms with Gasteiger partial charge in [0.1, 0.15) is 5.75 Å². The molecule has 2 heterocycles. The number of thiophene rings is 1. The van der Waals surface area contributed by atoms with Gasteiger partial charge in [-0.25, -0.2) is 0 Å². The fraction of sp³-hybridized carbons (Fsp3) is 0.143. The van der Waals surface area contributed by atoms with E-state index in [-0.39, 0.29) is 5.91 Å². The van der Waals surface area contributed by atoms with Crippen LogP contribution in [0.1, 0.15) is 15.9 Å². The Balaban J connectivity index is 1.92. The number of rotatable bonds is 3. The smallest absolute Gasteiger partial charge is 0.257 e. The van der Waals surface area contributed by atoms with Gasteiger partial charge in [0.2, 0.25) is 0 Å². The zero-order valence-electron chi connectivity index (χ0n) is 11.1. The quantitative estimate of drug-likeness (QED) is 0.777. The van der Waals surface area contributed by atoms with Gasteiger partial charge in [-0.05, 0) is 30.0 Å². The molecule has 0 atom stereocenters. The summed E-state index contributed by atoms with van der Waals surface area (Å²) in [6.07, 6.45) is 0. The van der Waals surface area contributed by atoms with Gasteiger partial charge in [-0.15, -0.1) is 0 Å². The van der Waals surface area contributed by atoms with E-state index in [1.54, 1.807) is 7.11 Å². The molecule has 3 rings (SSSR count). The van der Waals surface area contributed by atoms with Crippen molar-refractivity contribution >= 4 is 34.0 Å². The predicted molar refractivity (Wildman–Crippen MR) is 79.7 cm³/mol. The third-order valence-electron chi connectivity index (χ3n) is 3.10. The summed E-state index contributed by atoms with van der Waals surface area (Å²) in [7, 11) is 1.61. The molecule has 0 aliphatic rings. The second-order valence-corrected chi connectivity index (χ2v) is 5.15. The first kappa shape index (κ1) is 12.7. The lowest BCUT2D eigenvalue weighted by atomic mass is 10.2. The summed E-state index contributed by atoms with van der Waals surface area (Å²) in [6.45, 7) is 1.92. The number of aromatic amines is 1. The molecule has 2 N–H and O–H groups in total. The van der Waals surface area contributed by atoms with Crippen molar-refractivity contribution in [2.45, 2.75) is 6.92 Å². The van der Waals surface area contributed by atoms with E-state index in [1.165, 1.54) is 11.3 Å². The van der Waals surface area contributed by atoms with Crippen molar-refractivity contribution in [1.82, 2.24) is 10.2 Å². The Hall–Kier alpha value is -2.34. The van der Waals surface area contributed by atoms with Crippen LogP contribution >= 0.6 is 11.3 Å². The fourth-order valence-electron chi connectivity index (χ4n) is 1.99. The normalized spacial score (nSPS) is 10.7. The molecule has 0 radical (unpaired) electrons. The molecule has 6 heteroatoms. The molecule has 0 unspecified atom stereocenters. The van der Waals surface area contributed by atoms with Gasteiger partial charge < -0.3 is 10.1 Å². The first-order valence-electron chi connectivity index (χ1n) is 6.05. The number of nitrogens with one attached hydrogen (secondary N) is 2. The Morgan fingerprint density at radius 3 is 2.95 bits per heavy atom. The summed E-state index contributed by atoms with van der Waals surface area (Å²) in [4.78, 5) is 12.2. The van der Waals surface area contributed by atoms with Gasteiger partial charge >= 0.3 is 0 Å². The van der Waals surface area contributed by atoms with Crippen LogP contribution in [0.2, 0.25) is 0 Å². The number of H-pyrrole nitrogens is 1. The van der Waals surface area contributed by atoms with Gasteiger partial charge in [-0.2, -0.15) is 16.4 Å². The molecule has 2 aromatic heterocycles. The van der Waals surface area contributed by atoms with Crippen molar-refractivity contribution in [2.24, 2.45) is 0 Å². The van der Waals surface area contributed by atoms with E-state index >= 15 is 0 Å². The van der Waals surface area contributed by atoms with Crippen LogP contribution in [0.25, 0.3) is 10.9 Å². The topological polar surface area (TPSA) is 67.0 Å². The molecule has 3 aromatic rings. The number of benzene rings is 1. The first-order valence-corrected chi connectivity index (χ1v) is 6.99. The molecule has 1 aromatic carbocycles. The Labute approximate surface area is 119 Å². The van der Waals surface area contributed by atoms with Crippen LogP contribution in [0, 0.1) is 6.92 Å². The minimum atomic E-state index is -0.145. The number of hydrogen-bond acceptors (Lipinski definition) is 4. The predicted octanol–water partition coefficient (Wildman–Crippen LogP) is 3.19. The lowest BCUT2D eigenvalue weighted by Crippen LogP contribution is -2.12. The van der Waals surface area contributed by atoms with Gasteiger partial charge in [0.25, 0.3) is 5.91 Å². The van der Waals surface area contributed by atoms with Crippen molar-refractivity contribution in [2.75, 3.05) is 12.4 Å². The summed E-state index contributed by atoms with van der Waals surface area (Å²) >= 11 is 1.51. The minimum absolute atomic E-state index is 0.145. The minimum Gasteiger partial charge on any atom is -0.497 e. The average Bonchev–Trinajstić information content (AvgIpc) is 3.05. The van der Waals surface area contributed by atoms with Crippen molar-refractivity contribution < 1.29 is 9.53 Å². The first-order chi connectivity index (χ1) is 9.69. The Morgan fingerprint density at radius 2 is 2.25 bits per heavy atom. The molecular formula is C14H13N3O2S. The highest BCUT2D eigenvalue weighted by atomic mass is 32.1. The van der Waals surface area contributed by atoms with Gasteiger partial charge in [0.05, 0.1) is 18.2 Å². The number of carbonyl (C=O) groups is 1. The molecule has 0 saturated carbocycles. The Kier molecular flexibility index (Phi) is 3.15. The van der Waals surface area contributed by atoms with E-state index in [1.807, 2.05) is 35.9 Å². The van der Waals surface area contributed by atoms with Crippen LogP contribution in [0.5, 0.6) is 5.75 Å². The number of nitrogens with zero attached hydrogens (tertiary/aromatic N) is 1. The standard InChI is InChI=1S/C14H13N3O2S/c1-8-6-20-7-11(8)14(18)15-13-10-4-3-9(19-2)5-12(10)16-17-13/h3-7H,1-2H3,(H2,15,16,17,18). The highest BCUT2D eigenvalue weighted by Crippen LogP contribution is 2.25. The Morgan fingerprint density at radius 1 is 1.40 bits per heavy atom. The molecular weight excluding hydrogens is 274 g/mol. The third-order valence-corrected chi connectivity index (χ3v) is 3.96. The highest BCUT2D eigenvalue weighted by molar-refractivity contribution is 7.08. The van der Waals surface area contributed by atoms with Gasteiger partial charge in [-0.1, -0.05) is 0 Å². The van der Waals surface area contributed by atoms with E-state index in [0.717, 1.165) is 22.2 Å². The number of hydrogen-bond donors (Lipinski definition) is 2. The van der Waals surface area contributed by atoms with Crippen LogP contribution in [0.4, 0.5) is 5.82 Å². The van der Waals surface area contributed by atoms with Crippen LogP contribution in [0.3, 0.4) is 0 Å². The zero-order valence-corrected chi connectivity index (χ0v) is 11.9. The number of carbonyl (C=O) groups excluding carboxylic acids is 1. The van der Waals surface area contributed by atoms with E-state index < -0.39 is 0 Å². The van der Waals surface area contributed by atoms with E-state index in [4.69, 9.17) is 4.74 Å². The molecule has 0 aliphatic heterocycles. The molecule has 0 bridgehead atoms. The molecule has 0 spiro atoms. The fourth-order valence-corrected chi connectivity index (χ4v) is 2.82. The third kappa shape index (κ3) is 2.14. The van der Waals surface area contributed by atoms with Crippen molar-refractivity contribution in [1.29, 1.82) is 0 Å². The maximum Gasteiger partial charge on any atom is 0.257 e. The van der Waals surface area contributed by atoms with Crippen molar-refractivity contribution in [3.05, 3.63) is 40.1 Å².